The molecule has 188 valence electrons. The first kappa shape index (κ1) is 23.8. The molecule has 5 aromatic rings. The lowest BCUT2D eigenvalue weighted by atomic mass is 10.1. The van der Waals surface area contributed by atoms with Crippen LogP contribution in [0, 0.1) is 6.92 Å². The summed E-state index contributed by atoms with van der Waals surface area (Å²) in [5.41, 5.74) is 3.07. The zero-order valence-electron chi connectivity index (χ0n) is 20.6. The lowest BCUT2D eigenvalue weighted by molar-refractivity contribution is 0.0736. The zero-order chi connectivity index (χ0) is 26.2. The van der Waals surface area contributed by atoms with Crippen LogP contribution in [0.3, 0.4) is 0 Å². The van der Waals surface area contributed by atoms with Crippen LogP contribution in [0.25, 0.3) is 28.4 Å². The van der Waals surface area contributed by atoms with Crippen molar-refractivity contribution in [3.63, 3.8) is 0 Å². The molecule has 0 saturated heterocycles. The van der Waals surface area contributed by atoms with Crippen LogP contribution in [-0.2, 0) is 0 Å². The monoisotopic (exact) mass is 522 g/mol. The maximum atomic E-state index is 13.6. The molecular formula is C31H22O6S. The highest BCUT2D eigenvalue weighted by molar-refractivity contribution is 7.11. The summed E-state index contributed by atoms with van der Waals surface area (Å²) in [7, 11) is 0. The predicted molar refractivity (Wildman–Crippen MR) is 146 cm³/mol. The van der Waals surface area contributed by atoms with Crippen molar-refractivity contribution >= 4 is 40.1 Å². The van der Waals surface area contributed by atoms with Crippen molar-refractivity contribution < 1.29 is 28.2 Å². The fourth-order valence-electron chi connectivity index (χ4n) is 4.37. The van der Waals surface area contributed by atoms with Gasteiger partial charge in [0.15, 0.2) is 5.76 Å². The van der Waals surface area contributed by atoms with Crippen LogP contribution in [0.4, 0.5) is 0 Å². The Balaban J connectivity index is 1.35. The number of ether oxygens (including phenoxy) is 3. The molecular weight excluding hydrogens is 500 g/mol. The predicted octanol–water partition coefficient (Wildman–Crippen LogP) is 7.70. The van der Waals surface area contributed by atoms with Gasteiger partial charge >= 0.3 is 5.97 Å². The van der Waals surface area contributed by atoms with Crippen LogP contribution in [0.15, 0.2) is 88.4 Å². The molecule has 0 radical (unpaired) electrons. The third kappa shape index (κ3) is 4.27. The molecule has 0 spiro atoms. The zero-order valence-corrected chi connectivity index (χ0v) is 21.5. The van der Waals surface area contributed by atoms with E-state index < -0.39 is 5.97 Å². The minimum absolute atomic E-state index is 0.207. The van der Waals surface area contributed by atoms with Gasteiger partial charge in [-0.2, -0.15) is 0 Å². The normalized spacial score (nSPS) is 13.5. The molecule has 0 saturated carbocycles. The number of carbonyl (C=O) groups excluding carboxylic acids is 2. The second-order valence-corrected chi connectivity index (χ2v) is 9.67. The summed E-state index contributed by atoms with van der Waals surface area (Å²) in [6.45, 7) is 4.37. The van der Waals surface area contributed by atoms with Gasteiger partial charge in [0.1, 0.15) is 34.2 Å². The van der Waals surface area contributed by atoms with Crippen LogP contribution in [0.5, 0.6) is 17.2 Å². The molecule has 3 heterocycles. The molecule has 0 amide bonds. The molecule has 0 aliphatic carbocycles. The number of hydrogen-bond acceptors (Lipinski definition) is 7. The molecule has 2 aromatic heterocycles. The molecule has 0 fully saturated rings. The number of esters is 1. The molecule has 1 aliphatic rings. The number of rotatable bonds is 6. The number of Topliss-reactive ketones (excluding diaryl/α,β-unsaturated/α-hetero) is 1. The van der Waals surface area contributed by atoms with Gasteiger partial charge in [0.25, 0.3) is 0 Å². The lowest BCUT2D eigenvalue weighted by Crippen LogP contribution is -2.09. The van der Waals surface area contributed by atoms with E-state index in [9.17, 15) is 9.59 Å². The molecule has 0 unspecified atom stereocenters. The summed E-state index contributed by atoms with van der Waals surface area (Å²) in [5, 5.41) is 2.55. The van der Waals surface area contributed by atoms with E-state index in [1.165, 1.54) is 11.3 Å². The Morgan fingerprint density at radius 3 is 2.58 bits per heavy atom. The number of ketones is 1. The summed E-state index contributed by atoms with van der Waals surface area (Å²) >= 11 is 1.54. The van der Waals surface area contributed by atoms with Gasteiger partial charge in [-0.05, 0) is 61.2 Å². The minimum Gasteiger partial charge on any atom is -0.494 e. The minimum atomic E-state index is -0.592. The molecule has 0 bridgehead atoms. The first-order chi connectivity index (χ1) is 18.5. The highest BCUT2D eigenvalue weighted by Gasteiger charge is 2.29. The number of carbonyl (C=O) groups is 2. The molecule has 3 aromatic carbocycles. The van der Waals surface area contributed by atoms with E-state index in [0.29, 0.717) is 46.0 Å². The molecule has 0 N–H and O–H groups in total. The Morgan fingerprint density at radius 1 is 1.00 bits per heavy atom. The highest BCUT2D eigenvalue weighted by atomic mass is 32.1. The topological polar surface area (TPSA) is 75.0 Å². The quantitative estimate of drug-likeness (QED) is 0.129. The van der Waals surface area contributed by atoms with Gasteiger partial charge in [-0.1, -0.05) is 30.3 Å². The average Bonchev–Trinajstić information content (AvgIpc) is 3.60. The van der Waals surface area contributed by atoms with Crippen LogP contribution >= 0.6 is 11.3 Å². The summed E-state index contributed by atoms with van der Waals surface area (Å²) in [5.74, 6) is 1.07. The molecule has 7 heteroatoms. The number of furan rings is 1. The molecule has 0 atom stereocenters. The van der Waals surface area contributed by atoms with E-state index in [1.807, 2.05) is 55.6 Å². The summed E-state index contributed by atoms with van der Waals surface area (Å²) < 4.78 is 23.4. The Kier molecular flexibility index (Phi) is 6.05. The second-order valence-electron chi connectivity index (χ2n) is 8.72. The largest absolute Gasteiger partial charge is 0.494 e. The van der Waals surface area contributed by atoms with Crippen molar-refractivity contribution in [1.29, 1.82) is 0 Å². The standard InChI is InChI=1S/C31H22O6S/c1-3-34-20-10-12-24-23(15-20)28(30(37-24)19-7-5-4-6-8-19)31(33)35-21-9-11-22-25(16-21)36-26(29(22)32)17-27-18(2)13-14-38-27/h4-17H,3H2,1-2H3. The van der Waals surface area contributed by atoms with E-state index in [4.69, 9.17) is 18.6 Å². The smallest absolute Gasteiger partial charge is 0.348 e. The van der Waals surface area contributed by atoms with Crippen molar-refractivity contribution in [2.24, 2.45) is 0 Å². The SMILES string of the molecule is CCOc1ccc2oc(-c3ccccc3)c(C(=O)Oc3ccc4c(c3)OC(=Cc3sccc3C)C4=O)c2c1. The number of fused-ring (bicyclic) bond motifs is 2. The van der Waals surface area contributed by atoms with Crippen molar-refractivity contribution in [2.45, 2.75) is 13.8 Å². The Bertz CT molecular complexity index is 1720. The van der Waals surface area contributed by atoms with E-state index in [-0.39, 0.29) is 17.3 Å². The Labute approximate surface area is 222 Å². The van der Waals surface area contributed by atoms with E-state index in [2.05, 4.69) is 0 Å². The Hall–Kier alpha value is -4.62. The third-order valence-electron chi connectivity index (χ3n) is 6.23. The second kappa shape index (κ2) is 9.68. The Morgan fingerprint density at radius 2 is 1.82 bits per heavy atom. The fraction of sp³-hybridized carbons (Fsp3) is 0.0968. The number of allylic oxidation sites excluding steroid dienone is 1. The summed E-state index contributed by atoms with van der Waals surface area (Å²) in [4.78, 5) is 27.4. The first-order valence-corrected chi connectivity index (χ1v) is 13.0. The lowest BCUT2D eigenvalue weighted by Gasteiger charge is -2.07. The van der Waals surface area contributed by atoms with E-state index >= 15 is 0 Å². The molecule has 38 heavy (non-hydrogen) atoms. The van der Waals surface area contributed by atoms with Crippen molar-refractivity contribution in [3.8, 4) is 28.6 Å². The van der Waals surface area contributed by atoms with Crippen molar-refractivity contribution in [1.82, 2.24) is 0 Å². The van der Waals surface area contributed by atoms with Crippen molar-refractivity contribution in [2.75, 3.05) is 6.61 Å². The van der Waals surface area contributed by atoms with E-state index in [0.717, 1.165) is 16.0 Å². The molecule has 1 aliphatic heterocycles. The number of thiophene rings is 1. The number of hydrogen-bond donors (Lipinski definition) is 0. The van der Waals surface area contributed by atoms with Gasteiger partial charge in [0, 0.05) is 28.0 Å². The van der Waals surface area contributed by atoms with Gasteiger partial charge in [-0.25, -0.2) is 4.79 Å². The maximum Gasteiger partial charge on any atom is 0.348 e. The van der Waals surface area contributed by atoms with Crippen LogP contribution in [0.1, 0.15) is 38.1 Å². The molecule has 6 nitrogen and oxygen atoms in total. The molecule has 6 rings (SSSR count). The maximum absolute atomic E-state index is 13.6. The third-order valence-corrected chi connectivity index (χ3v) is 7.19. The van der Waals surface area contributed by atoms with Gasteiger partial charge in [0.2, 0.25) is 5.78 Å². The fourth-order valence-corrected chi connectivity index (χ4v) is 5.22. The van der Waals surface area contributed by atoms with Gasteiger partial charge in [-0.3, -0.25) is 4.79 Å². The van der Waals surface area contributed by atoms with Gasteiger partial charge < -0.3 is 18.6 Å². The van der Waals surface area contributed by atoms with Gasteiger partial charge in [-0.15, -0.1) is 11.3 Å². The van der Waals surface area contributed by atoms with Crippen LogP contribution < -0.4 is 14.2 Å². The van der Waals surface area contributed by atoms with E-state index in [1.54, 1.807) is 42.5 Å². The van der Waals surface area contributed by atoms with Crippen molar-refractivity contribution in [3.05, 3.63) is 106 Å². The number of benzene rings is 3. The average molecular weight is 523 g/mol. The van der Waals surface area contributed by atoms with Crippen LogP contribution in [-0.4, -0.2) is 18.4 Å². The summed E-state index contributed by atoms with van der Waals surface area (Å²) in [6.07, 6.45) is 1.74. The van der Waals surface area contributed by atoms with Crippen LogP contribution in [0.2, 0.25) is 0 Å². The number of aryl methyl sites for hydroxylation is 1. The first-order valence-electron chi connectivity index (χ1n) is 12.1. The van der Waals surface area contributed by atoms with Gasteiger partial charge in [0.05, 0.1) is 12.2 Å². The highest BCUT2D eigenvalue weighted by Crippen LogP contribution is 2.38. The summed E-state index contributed by atoms with van der Waals surface area (Å²) in [6, 6.07) is 21.5.